The standard InChI is InChI=1S/C12H16ClNO4S/c1-3-4-5-18-12(15)9-6-10(13)8(2)11(7-9)19(14,16)17/h6-7H,3-5H2,1-2H3,(H2,14,16,17). The van der Waals surface area contributed by atoms with Crippen molar-refractivity contribution >= 4 is 27.6 Å². The molecule has 19 heavy (non-hydrogen) atoms. The first-order valence-electron chi connectivity index (χ1n) is 5.77. The highest BCUT2D eigenvalue weighted by atomic mass is 35.5. The monoisotopic (exact) mass is 305 g/mol. The normalized spacial score (nSPS) is 11.4. The number of rotatable bonds is 5. The van der Waals surface area contributed by atoms with Crippen LogP contribution in [0.5, 0.6) is 0 Å². The van der Waals surface area contributed by atoms with Crippen molar-refractivity contribution in [1.82, 2.24) is 0 Å². The molecular weight excluding hydrogens is 290 g/mol. The van der Waals surface area contributed by atoms with Crippen molar-refractivity contribution in [3.05, 3.63) is 28.3 Å². The Kier molecular flexibility index (Phi) is 5.34. The highest BCUT2D eigenvalue weighted by molar-refractivity contribution is 7.89. The molecule has 0 fully saturated rings. The maximum absolute atomic E-state index is 11.7. The first-order chi connectivity index (χ1) is 8.77. The second-order valence-corrected chi connectivity index (χ2v) is 6.05. The van der Waals surface area contributed by atoms with E-state index in [1.165, 1.54) is 19.1 Å². The van der Waals surface area contributed by atoms with Crippen molar-refractivity contribution in [2.75, 3.05) is 6.61 Å². The Morgan fingerprint density at radius 1 is 1.42 bits per heavy atom. The third-order valence-electron chi connectivity index (χ3n) is 2.57. The third kappa shape index (κ3) is 4.19. The largest absolute Gasteiger partial charge is 0.462 e. The fraction of sp³-hybridized carbons (Fsp3) is 0.417. The maximum atomic E-state index is 11.7. The van der Waals surface area contributed by atoms with E-state index in [1.54, 1.807) is 0 Å². The van der Waals surface area contributed by atoms with E-state index in [-0.39, 0.29) is 22.1 Å². The molecule has 0 radical (unpaired) electrons. The average Bonchev–Trinajstić information content (AvgIpc) is 2.31. The number of primary sulfonamides is 1. The van der Waals surface area contributed by atoms with Crippen LogP contribution in [0.3, 0.4) is 0 Å². The lowest BCUT2D eigenvalue weighted by Gasteiger charge is -2.09. The summed E-state index contributed by atoms with van der Waals surface area (Å²) in [4.78, 5) is 11.6. The highest BCUT2D eigenvalue weighted by Crippen LogP contribution is 2.25. The number of halogens is 1. The van der Waals surface area contributed by atoms with Gasteiger partial charge in [0.15, 0.2) is 0 Å². The Balaban J connectivity index is 3.11. The van der Waals surface area contributed by atoms with E-state index in [4.69, 9.17) is 21.5 Å². The minimum absolute atomic E-state index is 0.0794. The topological polar surface area (TPSA) is 86.5 Å². The first-order valence-corrected chi connectivity index (χ1v) is 7.70. The molecule has 0 amide bonds. The summed E-state index contributed by atoms with van der Waals surface area (Å²) in [6.07, 6.45) is 1.64. The summed E-state index contributed by atoms with van der Waals surface area (Å²) >= 11 is 5.90. The Morgan fingerprint density at radius 2 is 2.05 bits per heavy atom. The molecule has 5 nitrogen and oxygen atoms in total. The maximum Gasteiger partial charge on any atom is 0.338 e. The number of carbonyl (C=O) groups excluding carboxylic acids is 1. The van der Waals surface area contributed by atoms with E-state index in [0.717, 1.165) is 12.8 Å². The fourth-order valence-corrected chi connectivity index (χ4v) is 2.56. The SMILES string of the molecule is CCCCOC(=O)c1cc(Cl)c(C)c(S(N)(=O)=O)c1. The smallest absolute Gasteiger partial charge is 0.338 e. The number of unbranched alkanes of at least 4 members (excludes halogenated alkanes) is 1. The molecule has 106 valence electrons. The molecule has 0 atom stereocenters. The molecule has 0 spiro atoms. The molecule has 7 heteroatoms. The summed E-state index contributed by atoms with van der Waals surface area (Å²) in [5.41, 5.74) is 0.394. The van der Waals surface area contributed by atoms with Gasteiger partial charge in [0.05, 0.1) is 17.1 Å². The Morgan fingerprint density at radius 3 is 2.58 bits per heavy atom. The second kappa shape index (κ2) is 6.36. The Bertz CT molecular complexity index is 584. The van der Waals surface area contributed by atoms with Gasteiger partial charge in [-0.3, -0.25) is 0 Å². The Hall–Kier alpha value is -1.11. The zero-order valence-corrected chi connectivity index (χ0v) is 12.3. The van der Waals surface area contributed by atoms with E-state index < -0.39 is 16.0 Å². The molecule has 0 bridgehead atoms. The van der Waals surface area contributed by atoms with Crippen LogP contribution in [0.4, 0.5) is 0 Å². The molecule has 0 aromatic heterocycles. The van der Waals surface area contributed by atoms with Crippen LogP contribution < -0.4 is 5.14 Å². The van der Waals surface area contributed by atoms with E-state index in [2.05, 4.69) is 0 Å². The molecule has 1 aromatic carbocycles. The number of hydrogen-bond donors (Lipinski definition) is 1. The van der Waals surface area contributed by atoms with Gasteiger partial charge < -0.3 is 4.74 Å². The minimum atomic E-state index is -3.93. The van der Waals surface area contributed by atoms with Crippen LogP contribution in [0.15, 0.2) is 17.0 Å². The minimum Gasteiger partial charge on any atom is -0.462 e. The number of sulfonamides is 1. The zero-order chi connectivity index (χ0) is 14.6. The number of carbonyl (C=O) groups is 1. The van der Waals surface area contributed by atoms with Crippen LogP contribution in [0.2, 0.25) is 5.02 Å². The number of ether oxygens (including phenoxy) is 1. The summed E-state index contributed by atoms with van der Waals surface area (Å²) in [7, 11) is -3.93. The van der Waals surface area contributed by atoms with Gasteiger partial charge in [-0.25, -0.2) is 18.4 Å². The lowest BCUT2D eigenvalue weighted by molar-refractivity contribution is 0.0499. The third-order valence-corrected chi connectivity index (χ3v) is 4.00. The van der Waals surface area contributed by atoms with Crippen LogP contribution >= 0.6 is 11.6 Å². The number of nitrogens with two attached hydrogens (primary N) is 1. The van der Waals surface area contributed by atoms with E-state index >= 15 is 0 Å². The molecule has 0 heterocycles. The lowest BCUT2D eigenvalue weighted by atomic mass is 10.1. The average molecular weight is 306 g/mol. The van der Waals surface area contributed by atoms with Crippen molar-refractivity contribution < 1.29 is 17.9 Å². The predicted molar refractivity (Wildman–Crippen MR) is 72.8 cm³/mol. The van der Waals surface area contributed by atoms with Crippen LogP contribution in [-0.2, 0) is 14.8 Å². The van der Waals surface area contributed by atoms with Crippen molar-refractivity contribution in [2.45, 2.75) is 31.6 Å². The van der Waals surface area contributed by atoms with Gasteiger partial charge in [0, 0.05) is 5.02 Å². The van der Waals surface area contributed by atoms with Gasteiger partial charge in [-0.2, -0.15) is 0 Å². The predicted octanol–water partition coefficient (Wildman–Crippen LogP) is 2.25. The first kappa shape index (κ1) is 15.9. The Labute approximate surface area is 117 Å². The van der Waals surface area contributed by atoms with Crippen molar-refractivity contribution in [3.63, 3.8) is 0 Å². The molecule has 0 aliphatic carbocycles. The molecule has 0 saturated heterocycles. The second-order valence-electron chi connectivity index (χ2n) is 4.12. The summed E-state index contributed by atoms with van der Waals surface area (Å²) in [6, 6.07) is 2.56. The summed E-state index contributed by atoms with van der Waals surface area (Å²) in [6.45, 7) is 3.77. The number of benzene rings is 1. The van der Waals surface area contributed by atoms with E-state index in [9.17, 15) is 13.2 Å². The van der Waals surface area contributed by atoms with Crippen molar-refractivity contribution in [3.8, 4) is 0 Å². The molecule has 2 N–H and O–H groups in total. The molecule has 1 aromatic rings. The molecule has 1 rings (SSSR count). The summed E-state index contributed by atoms with van der Waals surface area (Å²) in [5.74, 6) is -0.611. The van der Waals surface area contributed by atoms with Crippen molar-refractivity contribution in [2.24, 2.45) is 5.14 Å². The molecule has 0 saturated carbocycles. The van der Waals surface area contributed by atoms with Crippen LogP contribution in [0.1, 0.15) is 35.7 Å². The van der Waals surface area contributed by atoms with Gasteiger partial charge in [0.25, 0.3) is 0 Å². The lowest BCUT2D eigenvalue weighted by Crippen LogP contribution is -2.16. The van der Waals surface area contributed by atoms with Gasteiger partial charge in [-0.15, -0.1) is 0 Å². The zero-order valence-electron chi connectivity index (χ0n) is 10.8. The number of hydrogen-bond acceptors (Lipinski definition) is 4. The summed E-state index contributed by atoms with van der Waals surface area (Å²) < 4.78 is 27.8. The van der Waals surface area contributed by atoms with Crippen LogP contribution in [-0.4, -0.2) is 21.0 Å². The molecule has 0 aliphatic heterocycles. The quantitative estimate of drug-likeness (QED) is 0.667. The van der Waals surface area contributed by atoms with Crippen LogP contribution in [0.25, 0.3) is 0 Å². The van der Waals surface area contributed by atoms with Gasteiger partial charge in [0.1, 0.15) is 0 Å². The highest BCUT2D eigenvalue weighted by Gasteiger charge is 2.18. The van der Waals surface area contributed by atoms with Gasteiger partial charge in [-0.05, 0) is 31.0 Å². The number of esters is 1. The van der Waals surface area contributed by atoms with E-state index in [0.29, 0.717) is 5.56 Å². The fourth-order valence-electron chi connectivity index (χ4n) is 1.46. The van der Waals surface area contributed by atoms with Gasteiger partial charge in [0.2, 0.25) is 10.0 Å². The molecule has 0 unspecified atom stereocenters. The van der Waals surface area contributed by atoms with Gasteiger partial charge in [-0.1, -0.05) is 24.9 Å². The molecule has 0 aliphatic rings. The van der Waals surface area contributed by atoms with Gasteiger partial charge >= 0.3 is 5.97 Å². The van der Waals surface area contributed by atoms with Crippen molar-refractivity contribution in [1.29, 1.82) is 0 Å². The summed E-state index contributed by atoms with van der Waals surface area (Å²) in [5, 5.41) is 5.24. The molecular formula is C12H16ClNO4S. The van der Waals surface area contributed by atoms with Crippen LogP contribution in [0, 0.1) is 6.92 Å². The van der Waals surface area contributed by atoms with E-state index in [1.807, 2.05) is 6.92 Å².